The number of benzene rings is 1. The van der Waals surface area contributed by atoms with E-state index in [0.29, 0.717) is 12.2 Å². The highest BCUT2D eigenvalue weighted by Gasteiger charge is 2.46. The molecular formula is C21H31BO2. The van der Waals surface area contributed by atoms with Crippen molar-refractivity contribution in [2.24, 2.45) is 11.8 Å². The lowest BCUT2D eigenvalue weighted by atomic mass is 9.77. The van der Waals surface area contributed by atoms with Crippen molar-refractivity contribution in [1.82, 2.24) is 0 Å². The normalized spacial score (nSPS) is 29.9. The van der Waals surface area contributed by atoms with Crippen molar-refractivity contribution in [1.29, 1.82) is 0 Å². The van der Waals surface area contributed by atoms with E-state index in [4.69, 9.17) is 9.31 Å². The van der Waals surface area contributed by atoms with Gasteiger partial charge in [-0.3, -0.25) is 0 Å². The molecule has 4 rings (SSSR count). The second-order valence-corrected chi connectivity index (χ2v) is 8.12. The van der Waals surface area contributed by atoms with Gasteiger partial charge in [0.15, 0.2) is 0 Å². The maximum absolute atomic E-state index is 6.55. The molecule has 2 atom stereocenters. The fourth-order valence-electron chi connectivity index (χ4n) is 5.12. The average molecular weight is 326 g/mol. The molecule has 0 N–H and O–H groups in total. The van der Waals surface area contributed by atoms with Crippen LogP contribution in [0.25, 0.3) is 0 Å². The molecule has 3 aliphatic rings. The molecule has 0 spiro atoms. The Morgan fingerprint density at radius 1 is 0.708 bits per heavy atom. The molecule has 3 heteroatoms. The molecule has 1 aromatic carbocycles. The van der Waals surface area contributed by atoms with E-state index in [1.165, 1.54) is 69.8 Å². The number of hydrogen-bond acceptors (Lipinski definition) is 2. The summed E-state index contributed by atoms with van der Waals surface area (Å²) in [6, 6.07) is 10.7. The first-order valence-electron chi connectivity index (χ1n) is 10.2. The van der Waals surface area contributed by atoms with Crippen LogP contribution in [-0.2, 0) is 15.6 Å². The molecule has 1 saturated heterocycles. The zero-order valence-electron chi connectivity index (χ0n) is 14.9. The molecule has 0 bridgehead atoms. The van der Waals surface area contributed by atoms with E-state index < -0.39 is 0 Å². The molecule has 0 radical (unpaired) electrons. The lowest BCUT2D eigenvalue weighted by Gasteiger charge is -2.35. The monoisotopic (exact) mass is 326 g/mol. The maximum Gasteiger partial charge on any atom is 0.462 e. The van der Waals surface area contributed by atoms with Gasteiger partial charge in [0.2, 0.25) is 0 Å². The van der Waals surface area contributed by atoms with E-state index in [0.717, 1.165) is 18.2 Å². The standard InChI is InChI=1S/C21H31BO2/c1-4-10-17(11-5-1)16-22-23-20(18-12-6-2-7-13-18)21(24-22)19-14-8-3-9-15-19/h1,4-5,10-11,18-21H,2-3,6-9,12-16H2/t20-,21-/m1/s1. The summed E-state index contributed by atoms with van der Waals surface area (Å²) in [5.41, 5.74) is 1.33. The quantitative estimate of drug-likeness (QED) is 0.708. The SMILES string of the molecule is c1ccc(CB2O[C@H](C3CCCCC3)[C@@H](C3CCCCC3)O2)cc1. The Morgan fingerprint density at radius 3 is 1.71 bits per heavy atom. The molecule has 130 valence electrons. The Morgan fingerprint density at radius 2 is 1.21 bits per heavy atom. The van der Waals surface area contributed by atoms with Crippen molar-refractivity contribution >= 4 is 7.12 Å². The van der Waals surface area contributed by atoms with Crippen LogP contribution in [0.5, 0.6) is 0 Å². The van der Waals surface area contributed by atoms with Crippen LogP contribution in [0, 0.1) is 11.8 Å². The largest absolute Gasteiger partial charge is 0.462 e. The molecule has 0 aromatic heterocycles. The van der Waals surface area contributed by atoms with Crippen LogP contribution < -0.4 is 0 Å². The van der Waals surface area contributed by atoms with Crippen molar-refractivity contribution < 1.29 is 9.31 Å². The Bertz CT molecular complexity index is 468. The van der Waals surface area contributed by atoms with Crippen LogP contribution in [-0.4, -0.2) is 19.3 Å². The third-order valence-corrected chi connectivity index (χ3v) is 6.42. The average Bonchev–Trinajstić information content (AvgIpc) is 3.08. The van der Waals surface area contributed by atoms with Crippen LogP contribution in [0.1, 0.15) is 69.8 Å². The Hall–Kier alpha value is -0.795. The van der Waals surface area contributed by atoms with Crippen LogP contribution in [0.15, 0.2) is 30.3 Å². The van der Waals surface area contributed by atoms with Gasteiger partial charge in [-0.1, -0.05) is 74.4 Å². The first-order chi connectivity index (χ1) is 11.9. The molecule has 0 unspecified atom stereocenters. The molecule has 2 aliphatic carbocycles. The van der Waals surface area contributed by atoms with E-state index in [9.17, 15) is 0 Å². The summed E-state index contributed by atoms with van der Waals surface area (Å²) in [6.45, 7) is 0. The summed E-state index contributed by atoms with van der Waals surface area (Å²) in [5.74, 6) is 1.46. The summed E-state index contributed by atoms with van der Waals surface area (Å²) >= 11 is 0. The molecule has 24 heavy (non-hydrogen) atoms. The van der Waals surface area contributed by atoms with Gasteiger partial charge in [-0.2, -0.15) is 0 Å². The maximum atomic E-state index is 6.55. The van der Waals surface area contributed by atoms with Crippen molar-refractivity contribution in [2.75, 3.05) is 0 Å². The second-order valence-electron chi connectivity index (χ2n) is 8.12. The molecule has 3 fully saturated rings. The van der Waals surface area contributed by atoms with E-state index in [1.54, 1.807) is 0 Å². The minimum Gasteiger partial charge on any atom is -0.405 e. The van der Waals surface area contributed by atoms with Crippen LogP contribution in [0.2, 0.25) is 0 Å². The third kappa shape index (κ3) is 3.88. The first kappa shape index (κ1) is 16.7. The van der Waals surface area contributed by atoms with Gasteiger partial charge in [0, 0.05) is 6.32 Å². The van der Waals surface area contributed by atoms with Crippen LogP contribution in [0.4, 0.5) is 0 Å². The molecule has 0 amide bonds. The topological polar surface area (TPSA) is 18.5 Å². The highest BCUT2D eigenvalue weighted by molar-refractivity contribution is 6.44. The Kier molecular flexibility index (Phi) is 5.59. The first-order valence-corrected chi connectivity index (χ1v) is 10.2. The van der Waals surface area contributed by atoms with E-state index >= 15 is 0 Å². The van der Waals surface area contributed by atoms with Gasteiger partial charge in [0.1, 0.15) is 0 Å². The predicted molar refractivity (Wildman–Crippen MR) is 98.8 cm³/mol. The van der Waals surface area contributed by atoms with Gasteiger partial charge in [-0.25, -0.2) is 0 Å². The molecule has 2 saturated carbocycles. The minimum absolute atomic E-state index is 0.0359. The Labute approximate surface area is 147 Å². The van der Waals surface area contributed by atoms with Crippen molar-refractivity contribution in [3.8, 4) is 0 Å². The summed E-state index contributed by atoms with van der Waals surface area (Å²) in [6.07, 6.45) is 15.3. The minimum atomic E-state index is -0.0359. The Balaban J connectivity index is 1.46. The van der Waals surface area contributed by atoms with Crippen LogP contribution >= 0.6 is 0 Å². The number of hydrogen-bond donors (Lipinski definition) is 0. The highest BCUT2D eigenvalue weighted by Crippen LogP contribution is 2.40. The van der Waals surface area contributed by atoms with Gasteiger partial charge in [0.05, 0.1) is 12.2 Å². The second kappa shape index (κ2) is 8.06. The molecule has 1 heterocycles. The fraction of sp³-hybridized carbons (Fsp3) is 0.714. The van der Waals surface area contributed by atoms with Gasteiger partial charge in [0.25, 0.3) is 0 Å². The molecule has 1 aliphatic heterocycles. The molecule has 2 nitrogen and oxygen atoms in total. The lowest BCUT2D eigenvalue weighted by molar-refractivity contribution is 0.0324. The van der Waals surface area contributed by atoms with Crippen molar-refractivity contribution in [3.05, 3.63) is 35.9 Å². The van der Waals surface area contributed by atoms with E-state index in [2.05, 4.69) is 30.3 Å². The summed E-state index contributed by atoms with van der Waals surface area (Å²) in [5, 5.41) is 0. The zero-order chi connectivity index (χ0) is 16.2. The van der Waals surface area contributed by atoms with Gasteiger partial charge >= 0.3 is 7.12 Å². The highest BCUT2D eigenvalue weighted by atomic mass is 16.7. The fourth-order valence-corrected chi connectivity index (χ4v) is 5.12. The smallest absolute Gasteiger partial charge is 0.405 e. The lowest BCUT2D eigenvalue weighted by Crippen LogP contribution is -2.38. The third-order valence-electron chi connectivity index (χ3n) is 6.42. The summed E-state index contributed by atoms with van der Waals surface area (Å²) < 4.78 is 13.1. The predicted octanol–water partition coefficient (Wildman–Crippen LogP) is 5.20. The number of rotatable bonds is 4. The van der Waals surface area contributed by atoms with Crippen molar-refractivity contribution in [2.45, 2.75) is 82.7 Å². The van der Waals surface area contributed by atoms with Gasteiger partial charge in [-0.05, 0) is 37.5 Å². The van der Waals surface area contributed by atoms with Crippen molar-refractivity contribution in [3.63, 3.8) is 0 Å². The summed E-state index contributed by atoms with van der Waals surface area (Å²) in [4.78, 5) is 0. The van der Waals surface area contributed by atoms with E-state index in [1.807, 2.05) is 0 Å². The van der Waals surface area contributed by atoms with Gasteiger partial charge < -0.3 is 9.31 Å². The van der Waals surface area contributed by atoms with Crippen LogP contribution in [0.3, 0.4) is 0 Å². The molecular weight excluding hydrogens is 295 g/mol. The van der Waals surface area contributed by atoms with Gasteiger partial charge in [-0.15, -0.1) is 0 Å². The molecule has 1 aromatic rings. The summed E-state index contributed by atoms with van der Waals surface area (Å²) in [7, 11) is -0.0359. The zero-order valence-corrected chi connectivity index (χ0v) is 14.9. The van der Waals surface area contributed by atoms with E-state index in [-0.39, 0.29) is 7.12 Å².